The predicted octanol–water partition coefficient (Wildman–Crippen LogP) is 2.05. The molecule has 2 aliphatic heterocycles. The van der Waals surface area contributed by atoms with Crippen LogP contribution < -0.4 is 0 Å². The summed E-state index contributed by atoms with van der Waals surface area (Å²) in [6.45, 7) is 5.00. The molecule has 4 rings (SSSR count). The highest BCUT2D eigenvalue weighted by molar-refractivity contribution is 7.09. The van der Waals surface area contributed by atoms with Crippen LogP contribution in [0.3, 0.4) is 0 Å². The number of morpholine rings is 1. The molecule has 1 spiro atoms. The van der Waals surface area contributed by atoms with Crippen LogP contribution in [0.4, 0.5) is 0 Å². The highest BCUT2D eigenvalue weighted by Crippen LogP contribution is 2.31. The second-order valence-electron chi connectivity index (χ2n) is 6.70. The smallest absolute Gasteiger partial charge is 0.253 e. The van der Waals surface area contributed by atoms with Crippen LogP contribution in [0.25, 0.3) is 0 Å². The zero-order chi connectivity index (χ0) is 17.1. The summed E-state index contributed by atoms with van der Waals surface area (Å²) >= 11 is 1.70. The van der Waals surface area contributed by atoms with E-state index < -0.39 is 0 Å². The summed E-state index contributed by atoms with van der Waals surface area (Å²) in [7, 11) is 0. The van der Waals surface area contributed by atoms with Gasteiger partial charge in [0.25, 0.3) is 5.91 Å². The minimum Gasteiger partial charge on any atom is -0.372 e. The molecular formula is C18H22N4O2S. The van der Waals surface area contributed by atoms with E-state index in [1.54, 1.807) is 35.9 Å². The van der Waals surface area contributed by atoms with E-state index in [0.717, 1.165) is 57.2 Å². The van der Waals surface area contributed by atoms with Gasteiger partial charge >= 0.3 is 0 Å². The van der Waals surface area contributed by atoms with E-state index in [1.807, 2.05) is 16.5 Å². The number of hydrogen-bond acceptors (Lipinski definition) is 6. The Morgan fingerprint density at radius 2 is 2.00 bits per heavy atom. The lowest BCUT2D eigenvalue weighted by Gasteiger charge is -2.47. The monoisotopic (exact) mass is 358 g/mol. The first-order chi connectivity index (χ1) is 12.2. The van der Waals surface area contributed by atoms with Crippen LogP contribution in [0.5, 0.6) is 0 Å². The quantitative estimate of drug-likeness (QED) is 0.840. The Morgan fingerprint density at radius 3 is 2.72 bits per heavy atom. The minimum atomic E-state index is -0.121. The molecule has 6 nitrogen and oxygen atoms in total. The summed E-state index contributed by atoms with van der Waals surface area (Å²) in [6, 6.07) is 3.55. The zero-order valence-electron chi connectivity index (χ0n) is 14.1. The number of hydrogen-bond donors (Lipinski definition) is 0. The Bertz CT molecular complexity index is 699. The number of rotatable bonds is 3. The molecule has 0 atom stereocenters. The van der Waals surface area contributed by atoms with Gasteiger partial charge in [0.05, 0.1) is 18.8 Å². The number of piperidine rings is 1. The Hall–Kier alpha value is -1.83. The van der Waals surface area contributed by atoms with Gasteiger partial charge in [0.2, 0.25) is 0 Å². The Kier molecular flexibility index (Phi) is 4.78. The molecule has 0 bridgehead atoms. The maximum absolute atomic E-state index is 12.6. The van der Waals surface area contributed by atoms with Gasteiger partial charge in [0, 0.05) is 55.7 Å². The van der Waals surface area contributed by atoms with Gasteiger partial charge in [0.1, 0.15) is 5.01 Å². The number of amides is 1. The molecule has 132 valence electrons. The summed E-state index contributed by atoms with van der Waals surface area (Å²) in [5, 5.41) is 3.18. The number of carbonyl (C=O) groups excluding carboxylic acids is 1. The number of nitrogens with zero attached hydrogens (tertiary/aromatic N) is 4. The first-order valence-electron chi connectivity index (χ1n) is 8.68. The molecule has 2 aliphatic rings. The number of likely N-dealkylation sites (tertiary alicyclic amines) is 1. The van der Waals surface area contributed by atoms with Gasteiger partial charge in [-0.3, -0.25) is 14.7 Å². The molecule has 1 amide bonds. The van der Waals surface area contributed by atoms with Crippen LogP contribution in [-0.2, 0) is 11.3 Å². The SMILES string of the molecule is O=C(c1ccncc1)N1CCC2(CC1)CN(Cc1nccs1)CCO2. The van der Waals surface area contributed by atoms with Crippen molar-refractivity contribution in [2.75, 3.05) is 32.8 Å². The molecule has 4 heterocycles. The van der Waals surface area contributed by atoms with E-state index in [0.29, 0.717) is 5.56 Å². The molecule has 0 unspecified atom stereocenters. The summed E-state index contributed by atoms with van der Waals surface area (Å²) < 4.78 is 6.18. The van der Waals surface area contributed by atoms with Gasteiger partial charge in [-0.25, -0.2) is 4.98 Å². The summed E-state index contributed by atoms with van der Waals surface area (Å²) in [5.74, 6) is 0.0905. The van der Waals surface area contributed by atoms with E-state index in [4.69, 9.17) is 4.74 Å². The van der Waals surface area contributed by atoms with Crippen LogP contribution in [0.1, 0.15) is 28.2 Å². The van der Waals surface area contributed by atoms with Gasteiger partial charge in [-0.15, -0.1) is 11.3 Å². The molecule has 0 aromatic carbocycles. The third kappa shape index (κ3) is 3.73. The first-order valence-corrected chi connectivity index (χ1v) is 9.56. The van der Waals surface area contributed by atoms with Crippen molar-refractivity contribution in [1.29, 1.82) is 0 Å². The highest BCUT2D eigenvalue weighted by atomic mass is 32.1. The summed E-state index contributed by atoms with van der Waals surface area (Å²) in [5.41, 5.74) is 0.589. The Morgan fingerprint density at radius 1 is 1.20 bits per heavy atom. The van der Waals surface area contributed by atoms with E-state index in [-0.39, 0.29) is 11.5 Å². The molecule has 0 N–H and O–H groups in total. The molecule has 2 fully saturated rings. The number of thiazole rings is 1. The molecule has 0 aliphatic carbocycles. The largest absolute Gasteiger partial charge is 0.372 e. The van der Waals surface area contributed by atoms with Crippen molar-refractivity contribution in [2.24, 2.45) is 0 Å². The number of carbonyl (C=O) groups is 1. The normalized spacial score (nSPS) is 20.7. The average molecular weight is 358 g/mol. The fourth-order valence-corrected chi connectivity index (χ4v) is 4.34. The number of ether oxygens (including phenoxy) is 1. The maximum atomic E-state index is 12.6. The Labute approximate surface area is 151 Å². The van der Waals surface area contributed by atoms with E-state index in [9.17, 15) is 4.79 Å². The van der Waals surface area contributed by atoms with Crippen LogP contribution >= 0.6 is 11.3 Å². The van der Waals surface area contributed by atoms with Crippen molar-refractivity contribution in [3.63, 3.8) is 0 Å². The molecule has 2 aromatic heterocycles. The van der Waals surface area contributed by atoms with Crippen LogP contribution in [0.2, 0.25) is 0 Å². The van der Waals surface area contributed by atoms with Crippen molar-refractivity contribution < 1.29 is 9.53 Å². The van der Waals surface area contributed by atoms with Gasteiger partial charge < -0.3 is 9.64 Å². The lowest BCUT2D eigenvalue weighted by atomic mass is 9.89. The fourth-order valence-electron chi connectivity index (χ4n) is 3.68. The first kappa shape index (κ1) is 16.6. The van der Waals surface area contributed by atoms with Crippen molar-refractivity contribution in [3.8, 4) is 0 Å². The highest BCUT2D eigenvalue weighted by Gasteiger charge is 2.40. The van der Waals surface area contributed by atoms with Crippen LogP contribution in [-0.4, -0.2) is 64.1 Å². The van der Waals surface area contributed by atoms with Crippen molar-refractivity contribution >= 4 is 17.2 Å². The molecule has 2 saturated heterocycles. The van der Waals surface area contributed by atoms with Crippen LogP contribution in [0.15, 0.2) is 36.1 Å². The third-order valence-corrected chi connectivity index (χ3v) is 5.82. The second-order valence-corrected chi connectivity index (χ2v) is 7.68. The van der Waals surface area contributed by atoms with Crippen molar-refractivity contribution in [2.45, 2.75) is 25.0 Å². The number of aromatic nitrogens is 2. The molecular weight excluding hydrogens is 336 g/mol. The van der Waals surface area contributed by atoms with Gasteiger partial charge in [-0.2, -0.15) is 0 Å². The number of pyridine rings is 1. The maximum Gasteiger partial charge on any atom is 0.253 e. The van der Waals surface area contributed by atoms with Crippen molar-refractivity contribution in [1.82, 2.24) is 19.8 Å². The molecule has 0 saturated carbocycles. The molecule has 2 aromatic rings. The summed E-state index contributed by atoms with van der Waals surface area (Å²) in [6.07, 6.45) is 6.97. The lowest BCUT2D eigenvalue weighted by molar-refractivity contribution is -0.134. The van der Waals surface area contributed by atoms with Gasteiger partial charge in [-0.1, -0.05) is 0 Å². The van der Waals surface area contributed by atoms with E-state index >= 15 is 0 Å². The van der Waals surface area contributed by atoms with E-state index in [1.165, 1.54) is 0 Å². The fraction of sp³-hybridized carbons (Fsp3) is 0.500. The average Bonchev–Trinajstić information content (AvgIpc) is 3.16. The van der Waals surface area contributed by atoms with Gasteiger partial charge in [-0.05, 0) is 25.0 Å². The third-order valence-electron chi connectivity index (χ3n) is 5.06. The molecule has 7 heteroatoms. The van der Waals surface area contributed by atoms with Crippen molar-refractivity contribution in [3.05, 3.63) is 46.7 Å². The standard InChI is InChI=1S/C18H22N4O2S/c23-17(15-1-5-19-6-2-15)22-8-3-18(4-9-22)14-21(10-11-24-18)13-16-20-7-12-25-16/h1-2,5-7,12H,3-4,8-11,13-14H2. The van der Waals surface area contributed by atoms with Crippen LogP contribution in [0, 0.1) is 0 Å². The molecule has 25 heavy (non-hydrogen) atoms. The lowest BCUT2D eigenvalue weighted by Crippen LogP contribution is -2.57. The minimum absolute atomic E-state index is 0.0905. The van der Waals surface area contributed by atoms with Gasteiger partial charge in [0.15, 0.2) is 0 Å². The molecule has 0 radical (unpaired) electrons. The Balaban J connectivity index is 1.36. The summed E-state index contributed by atoms with van der Waals surface area (Å²) in [4.78, 5) is 25.3. The second kappa shape index (κ2) is 7.19. The topological polar surface area (TPSA) is 58.6 Å². The zero-order valence-corrected chi connectivity index (χ0v) is 15.0. The van der Waals surface area contributed by atoms with E-state index in [2.05, 4.69) is 14.9 Å². The predicted molar refractivity (Wildman–Crippen MR) is 95.4 cm³/mol.